The molecular formula is C26H30N4O2. The van der Waals surface area contributed by atoms with Gasteiger partial charge in [0.05, 0.1) is 18.1 Å². The summed E-state index contributed by atoms with van der Waals surface area (Å²) in [5.41, 5.74) is 11.1. The lowest BCUT2D eigenvalue weighted by atomic mass is 9.64. The van der Waals surface area contributed by atoms with Crippen LogP contribution in [0.25, 0.3) is 10.9 Å². The van der Waals surface area contributed by atoms with E-state index >= 15 is 0 Å². The number of aliphatic hydroxyl groups excluding tert-OH is 1. The number of carbonyl (C=O) groups excluding carboxylic acids is 1. The summed E-state index contributed by atoms with van der Waals surface area (Å²) in [5.74, 6) is 0.162. The van der Waals surface area contributed by atoms with E-state index in [1.807, 2.05) is 12.1 Å². The van der Waals surface area contributed by atoms with E-state index in [1.54, 1.807) is 12.1 Å². The lowest BCUT2D eigenvalue weighted by Gasteiger charge is -2.51. The molecule has 1 aliphatic carbocycles. The number of anilines is 2. The summed E-state index contributed by atoms with van der Waals surface area (Å²) in [5, 5.41) is 15.3. The summed E-state index contributed by atoms with van der Waals surface area (Å²) in [4.78, 5) is 19.6. The number of carbonyl (C=O) groups is 1. The lowest BCUT2D eigenvalue weighted by molar-refractivity contribution is -0.134. The van der Waals surface area contributed by atoms with Crippen molar-refractivity contribution < 1.29 is 9.90 Å². The Balaban J connectivity index is 1.30. The van der Waals surface area contributed by atoms with Crippen molar-refractivity contribution in [2.75, 3.05) is 24.1 Å². The lowest BCUT2D eigenvalue weighted by Crippen LogP contribution is -2.54. The zero-order chi connectivity index (χ0) is 21.8. The van der Waals surface area contributed by atoms with Gasteiger partial charge in [-0.15, -0.1) is 0 Å². The van der Waals surface area contributed by atoms with Crippen LogP contribution < -0.4 is 11.1 Å². The fourth-order valence-corrected chi connectivity index (χ4v) is 6.50. The number of hydrogen-bond donors (Lipinski definition) is 4. The molecule has 6 nitrogen and oxygen atoms in total. The number of nitrogens with one attached hydrogen (secondary N) is 2. The molecule has 32 heavy (non-hydrogen) atoms. The second-order valence-electron chi connectivity index (χ2n) is 9.76. The zero-order valence-electron chi connectivity index (χ0n) is 18.1. The molecule has 2 fully saturated rings. The Morgan fingerprint density at radius 2 is 1.94 bits per heavy atom. The molecule has 0 spiro atoms. The Kier molecular flexibility index (Phi) is 4.73. The molecule has 2 aromatic carbocycles. The maximum atomic E-state index is 13.3. The number of amides is 1. The number of rotatable bonds is 2. The van der Waals surface area contributed by atoms with Crippen LogP contribution in [0.3, 0.4) is 0 Å². The third-order valence-corrected chi connectivity index (χ3v) is 8.03. The number of fused-ring (bicyclic) bond motifs is 6. The minimum atomic E-state index is -0.595. The average Bonchev–Trinajstić information content (AvgIpc) is 3.18. The molecule has 2 aliphatic heterocycles. The molecule has 6 rings (SSSR count). The highest BCUT2D eigenvalue weighted by atomic mass is 16.3. The quantitative estimate of drug-likeness (QED) is 0.467. The third-order valence-electron chi connectivity index (χ3n) is 8.03. The molecule has 3 aliphatic rings. The maximum absolute atomic E-state index is 13.3. The van der Waals surface area contributed by atoms with Crippen LogP contribution in [0.15, 0.2) is 48.5 Å². The first kappa shape index (κ1) is 19.8. The van der Waals surface area contributed by atoms with E-state index in [0.717, 1.165) is 38.0 Å². The minimum absolute atomic E-state index is 0.0712. The van der Waals surface area contributed by atoms with Crippen molar-refractivity contribution >= 4 is 28.2 Å². The van der Waals surface area contributed by atoms with Crippen molar-refractivity contribution in [2.45, 2.75) is 37.8 Å². The molecule has 5 N–H and O–H groups in total. The number of nitrogens with zero attached hydrogens (tertiary/aromatic N) is 1. The Labute approximate surface area is 187 Å². The Hall–Kier alpha value is -2.83. The summed E-state index contributed by atoms with van der Waals surface area (Å²) >= 11 is 0. The standard InChI is InChI=1S/C26H30N4O2/c27-16-6-8-17(9-7-16)28-26(32)24-20-13-22-25-19(18-3-1-2-4-21(18)29-25)11-12-30(22)14-15(20)5-10-23(24)31/h1-4,6-9,15,20,22-24,29,31H,5,10-14,27H2,(H,28,32)/t15-,20+,22+,23+,24?/m1/s1. The fraction of sp³-hybridized carbons (Fsp3) is 0.423. The van der Waals surface area contributed by atoms with Crippen molar-refractivity contribution in [3.05, 3.63) is 59.8 Å². The summed E-state index contributed by atoms with van der Waals surface area (Å²) in [6.45, 7) is 2.07. The van der Waals surface area contributed by atoms with Crippen LogP contribution in [0.5, 0.6) is 0 Å². The SMILES string of the molecule is Nc1ccc(NC(=O)C2[C@H]3C[C@H]4c5[nH]c6ccccc6c5CCN4C[C@H]3CC[C@@H]2O)cc1. The van der Waals surface area contributed by atoms with Crippen LogP contribution in [0, 0.1) is 17.8 Å². The number of piperidine rings is 1. The van der Waals surface area contributed by atoms with Gasteiger partial charge in [0.25, 0.3) is 0 Å². The van der Waals surface area contributed by atoms with Crippen LogP contribution in [0.4, 0.5) is 11.4 Å². The molecule has 6 heteroatoms. The summed E-state index contributed by atoms with van der Waals surface area (Å²) in [7, 11) is 0. The molecule has 1 aromatic heterocycles. The molecule has 1 unspecified atom stereocenters. The Morgan fingerprint density at radius 1 is 1.12 bits per heavy atom. The monoisotopic (exact) mass is 430 g/mol. The summed E-state index contributed by atoms with van der Waals surface area (Å²) < 4.78 is 0. The zero-order valence-corrected chi connectivity index (χ0v) is 18.1. The number of aliphatic hydroxyl groups is 1. The van der Waals surface area contributed by atoms with Crippen LogP contribution >= 0.6 is 0 Å². The van der Waals surface area contributed by atoms with Crippen molar-refractivity contribution in [3.63, 3.8) is 0 Å². The van der Waals surface area contributed by atoms with Gasteiger partial charge in [-0.05, 0) is 73.4 Å². The maximum Gasteiger partial charge on any atom is 0.230 e. The van der Waals surface area contributed by atoms with Gasteiger partial charge in [-0.2, -0.15) is 0 Å². The molecule has 3 aromatic rings. The summed E-state index contributed by atoms with van der Waals surface area (Å²) in [6, 6.07) is 16.0. The van der Waals surface area contributed by atoms with E-state index in [2.05, 4.69) is 39.5 Å². The van der Waals surface area contributed by atoms with Crippen LogP contribution in [0.1, 0.15) is 36.6 Å². The molecule has 1 amide bonds. The largest absolute Gasteiger partial charge is 0.399 e. The Morgan fingerprint density at radius 3 is 2.78 bits per heavy atom. The highest BCUT2D eigenvalue weighted by Crippen LogP contribution is 2.49. The molecule has 1 saturated heterocycles. The highest BCUT2D eigenvalue weighted by molar-refractivity contribution is 5.93. The van der Waals surface area contributed by atoms with Gasteiger partial charge in [0.2, 0.25) is 5.91 Å². The average molecular weight is 431 g/mol. The van der Waals surface area contributed by atoms with Crippen LogP contribution in [-0.4, -0.2) is 40.1 Å². The number of benzene rings is 2. The third kappa shape index (κ3) is 3.21. The topological polar surface area (TPSA) is 94.4 Å². The summed E-state index contributed by atoms with van der Waals surface area (Å²) in [6.07, 6.45) is 3.05. The second-order valence-corrected chi connectivity index (χ2v) is 9.76. The van der Waals surface area contributed by atoms with Crippen LogP contribution in [-0.2, 0) is 11.2 Å². The number of aromatic nitrogens is 1. The number of nitrogen functional groups attached to an aromatic ring is 1. The molecule has 166 valence electrons. The van der Waals surface area contributed by atoms with Gasteiger partial charge in [-0.25, -0.2) is 0 Å². The predicted octanol–water partition coefficient (Wildman–Crippen LogP) is 3.70. The second kappa shape index (κ2) is 7.64. The van der Waals surface area contributed by atoms with E-state index < -0.39 is 6.10 Å². The van der Waals surface area contributed by atoms with Crippen molar-refractivity contribution in [3.8, 4) is 0 Å². The van der Waals surface area contributed by atoms with Gasteiger partial charge < -0.3 is 21.1 Å². The number of H-pyrrole nitrogens is 1. The molecule has 1 saturated carbocycles. The van der Waals surface area contributed by atoms with Crippen molar-refractivity contribution in [1.29, 1.82) is 0 Å². The van der Waals surface area contributed by atoms with Gasteiger partial charge in [0, 0.05) is 41.1 Å². The smallest absolute Gasteiger partial charge is 0.230 e. The number of para-hydroxylation sites is 1. The van der Waals surface area contributed by atoms with Crippen molar-refractivity contribution in [1.82, 2.24) is 9.88 Å². The first-order valence-electron chi connectivity index (χ1n) is 11.8. The minimum Gasteiger partial charge on any atom is -0.399 e. The van der Waals surface area contributed by atoms with Gasteiger partial charge in [0.1, 0.15) is 0 Å². The molecule has 0 radical (unpaired) electrons. The Bertz CT molecular complexity index is 1150. The van der Waals surface area contributed by atoms with E-state index in [-0.39, 0.29) is 23.8 Å². The van der Waals surface area contributed by atoms with E-state index in [4.69, 9.17) is 5.73 Å². The van der Waals surface area contributed by atoms with Crippen LogP contribution in [0.2, 0.25) is 0 Å². The number of aromatic amines is 1. The van der Waals surface area contributed by atoms with E-state index in [9.17, 15) is 9.90 Å². The first-order chi connectivity index (χ1) is 15.6. The fourth-order valence-electron chi connectivity index (χ4n) is 6.50. The number of hydrogen-bond acceptors (Lipinski definition) is 4. The first-order valence-corrected chi connectivity index (χ1v) is 11.8. The highest BCUT2D eigenvalue weighted by Gasteiger charge is 2.49. The van der Waals surface area contributed by atoms with E-state index in [0.29, 0.717) is 18.0 Å². The number of nitrogens with two attached hydrogens (primary N) is 1. The molecular weight excluding hydrogens is 400 g/mol. The van der Waals surface area contributed by atoms with Gasteiger partial charge in [0.15, 0.2) is 0 Å². The van der Waals surface area contributed by atoms with E-state index in [1.165, 1.54) is 22.2 Å². The molecule has 5 atom stereocenters. The van der Waals surface area contributed by atoms with Crippen molar-refractivity contribution in [2.24, 2.45) is 17.8 Å². The normalized spacial score (nSPS) is 29.7. The van der Waals surface area contributed by atoms with Gasteiger partial charge in [-0.3, -0.25) is 9.69 Å². The predicted molar refractivity (Wildman–Crippen MR) is 126 cm³/mol. The van der Waals surface area contributed by atoms with Gasteiger partial charge in [-0.1, -0.05) is 18.2 Å². The van der Waals surface area contributed by atoms with Gasteiger partial charge >= 0.3 is 0 Å². The molecule has 0 bridgehead atoms. The molecule has 3 heterocycles.